The maximum Gasteiger partial charge on any atom is 0.404 e. The molecule has 3 N–H and O–H groups in total. The van der Waals surface area contributed by atoms with Crippen LogP contribution in [0.1, 0.15) is 32.6 Å². The highest BCUT2D eigenvalue weighted by molar-refractivity contribution is 6.76. The molecular formula is C29H39FN4O4Si. The summed E-state index contributed by atoms with van der Waals surface area (Å²) in [5.41, 5.74) is 3.05. The van der Waals surface area contributed by atoms with Crippen molar-refractivity contribution in [3.8, 4) is 11.3 Å². The lowest BCUT2D eigenvalue weighted by Gasteiger charge is -2.31. The van der Waals surface area contributed by atoms with E-state index in [9.17, 15) is 14.0 Å². The summed E-state index contributed by atoms with van der Waals surface area (Å²) in [6.07, 6.45) is 3.68. The van der Waals surface area contributed by atoms with Crippen molar-refractivity contribution in [1.29, 1.82) is 0 Å². The molecule has 0 aliphatic heterocycles. The highest BCUT2D eigenvalue weighted by atomic mass is 28.3. The van der Waals surface area contributed by atoms with Crippen LogP contribution >= 0.6 is 0 Å². The molecule has 1 aliphatic carbocycles. The normalized spacial score (nSPS) is 18.6. The van der Waals surface area contributed by atoms with E-state index in [2.05, 4.69) is 35.3 Å². The second-order valence-electron chi connectivity index (χ2n) is 11.7. The van der Waals surface area contributed by atoms with Crippen LogP contribution in [0.5, 0.6) is 0 Å². The van der Waals surface area contributed by atoms with Gasteiger partial charge in [-0.15, -0.1) is 0 Å². The molecule has 2 aromatic heterocycles. The van der Waals surface area contributed by atoms with Gasteiger partial charge in [0.05, 0.1) is 11.4 Å². The van der Waals surface area contributed by atoms with Crippen LogP contribution < -0.4 is 10.6 Å². The second-order valence-corrected chi connectivity index (χ2v) is 17.4. The third-order valence-corrected chi connectivity index (χ3v) is 9.32. The van der Waals surface area contributed by atoms with Crippen molar-refractivity contribution in [3.63, 3.8) is 0 Å². The molecule has 1 aliphatic rings. The molecule has 1 unspecified atom stereocenters. The Balaban J connectivity index is 1.53. The summed E-state index contributed by atoms with van der Waals surface area (Å²) in [5.74, 6) is -0.250. The number of carbonyl (C=O) groups excluding carboxylic acids is 1. The van der Waals surface area contributed by atoms with Gasteiger partial charge in [-0.1, -0.05) is 19.6 Å². The van der Waals surface area contributed by atoms with Crippen LogP contribution in [0, 0.1) is 17.7 Å². The van der Waals surface area contributed by atoms with Crippen molar-refractivity contribution in [2.75, 3.05) is 11.9 Å². The summed E-state index contributed by atoms with van der Waals surface area (Å²) in [5, 5.41) is 15.5. The molecule has 8 nitrogen and oxygen atoms in total. The maximum atomic E-state index is 13.7. The molecule has 3 aromatic rings. The third kappa shape index (κ3) is 7.45. The van der Waals surface area contributed by atoms with E-state index in [1.807, 2.05) is 17.6 Å². The van der Waals surface area contributed by atoms with Crippen molar-refractivity contribution >= 4 is 36.8 Å². The number of benzene rings is 1. The minimum Gasteiger partial charge on any atom is -0.465 e. The number of rotatable bonds is 10. The predicted molar refractivity (Wildman–Crippen MR) is 154 cm³/mol. The number of fused-ring (bicyclic) bond motifs is 1. The largest absolute Gasteiger partial charge is 0.465 e. The van der Waals surface area contributed by atoms with Gasteiger partial charge in [0.15, 0.2) is 0 Å². The number of amides is 2. The zero-order chi connectivity index (χ0) is 28.2. The smallest absolute Gasteiger partial charge is 0.404 e. The number of carbonyl (C=O) groups is 2. The Bertz CT molecular complexity index is 1300. The van der Waals surface area contributed by atoms with E-state index in [1.165, 1.54) is 12.1 Å². The van der Waals surface area contributed by atoms with Crippen LogP contribution in [-0.4, -0.2) is 47.4 Å². The molecule has 1 saturated carbocycles. The molecule has 39 heavy (non-hydrogen) atoms. The zero-order valence-corrected chi connectivity index (χ0v) is 24.2. The fourth-order valence-electron chi connectivity index (χ4n) is 5.21. The Labute approximate surface area is 230 Å². The zero-order valence-electron chi connectivity index (χ0n) is 23.2. The van der Waals surface area contributed by atoms with Gasteiger partial charge >= 0.3 is 6.09 Å². The number of pyridine rings is 1. The van der Waals surface area contributed by atoms with Crippen molar-refractivity contribution in [3.05, 3.63) is 48.4 Å². The monoisotopic (exact) mass is 554 g/mol. The predicted octanol–water partition coefficient (Wildman–Crippen LogP) is 6.56. The van der Waals surface area contributed by atoms with Gasteiger partial charge in [0.1, 0.15) is 18.2 Å². The van der Waals surface area contributed by atoms with E-state index in [0.717, 1.165) is 35.5 Å². The number of halogens is 1. The average Bonchev–Trinajstić information content (AvgIpc) is 3.25. The quantitative estimate of drug-likeness (QED) is 0.195. The first-order chi connectivity index (χ1) is 18.5. The molecule has 2 heterocycles. The topological polar surface area (TPSA) is 105 Å². The summed E-state index contributed by atoms with van der Waals surface area (Å²) in [6, 6.07) is 11.0. The Morgan fingerprint density at radius 3 is 2.49 bits per heavy atom. The second kappa shape index (κ2) is 12.3. The number of nitrogens with one attached hydrogen (secondary N) is 2. The van der Waals surface area contributed by atoms with Crippen molar-refractivity contribution in [1.82, 2.24) is 14.9 Å². The maximum absolute atomic E-state index is 13.7. The Morgan fingerprint density at radius 2 is 1.85 bits per heavy atom. The lowest BCUT2D eigenvalue weighted by atomic mass is 9.78. The van der Waals surface area contributed by atoms with Gasteiger partial charge in [0.2, 0.25) is 5.91 Å². The SMILES string of the molecule is CC(NC(=O)O)C1CCC(C(=O)Nc2ccnc3c2cc(-c2ccc(F)cc2)n3COCC[Si](C)(C)C)CC1. The van der Waals surface area contributed by atoms with Crippen LogP contribution in [0.3, 0.4) is 0 Å². The lowest BCUT2D eigenvalue weighted by Crippen LogP contribution is -2.39. The van der Waals surface area contributed by atoms with E-state index in [0.29, 0.717) is 37.5 Å². The summed E-state index contributed by atoms with van der Waals surface area (Å²) < 4.78 is 21.7. The van der Waals surface area contributed by atoms with E-state index < -0.39 is 14.2 Å². The molecule has 0 radical (unpaired) electrons. The number of hydrogen-bond donors (Lipinski definition) is 3. The summed E-state index contributed by atoms with van der Waals surface area (Å²) in [4.78, 5) is 28.9. The molecule has 1 atom stereocenters. The minimum atomic E-state index is -1.25. The van der Waals surface area contributed by atoms with Crippen LogP contribution in [0.2, 0.25) is 25.7 Å². The van der Waals surface area contributed by atoms with Gasteiger partial charge in [-0.25, -0.2) is 14.2 Å². The molecule has 210 valence electrons. The standard InChI is InChI=1S/C29H39FN4O4Si/c1-19(32-29(36)37)20-5-7-22(8-6-20)28(35)33-25-13-14-31-27-24(25)17-26(21-9-11-23(30)12-10-21)34(27)18-38-15-16-39(2,3)4/h9-14,17,19-20,22,32H,5-8,15-16,18H2,1-4H3,(H,36,37)(H,31,33,35). The molecule has 2 amide bonds. The van der Waals surface area contributed by atoms with E-state index in [-0.39, 0.29) is 29.6 Å². The first kappa shape index (κ1) is 28.8. The van der Waals surface area contributed by atoms with Gasteiger partial charge in [-0.3, -0.25) is 4.79 Å². The van der Waals surface area contributed by atoms with Crippen molar-refractivity contribution in [2.24, 2.45) is 11.8 Å². The van der Waals surface area contributed by atoms with E-state index in [4.69, 9.17) is 9.84 Å². The molecule has 0 bridgehead atoms. The number of hydrogen-bond acceptors (Lipinski definition) is 4. The van der Waals surface area contributed by atoms with Gasteiger partial charge in [-0.2, -0.15) is 0 Å². The highest BCUT2D eigenvalue weighted by Crippen LogP contribution is 2.34. The van der Waals surface area contributed by atoms with Gasteiger partial charge in [0, 0.05) is 38.2 Å². The van der Waals surface area contributed by atoms with Gasteiger partial charge < -0.3 is 25.0 Å². The third-order valence-electron chi connectivity index (χ3n) is 7.61. The molecule has 1 aromatic carbocycles. The van der Waals surface area contributed by atoms with Crippen LogP contribution in [0.25, 0.3) is 22.3 Å². The van der Waals surface area contributed by atoms with Crippen molar-refractivity contribution in [2.45, 2.75) is 71.1 Å². The first-order valence-corrected chi connectivity index (χ1v) is 17.3. The number of carboxylic acid groups (broad SMARTS) is 1. The molecular weight excluding hydrogens is 515 g/mol. The Hall–Kier alpha value is -3.24. The van der Waals surface area contributed by atoms with E-state index in [1.54, 1.807) is 24.4 Å². The van der Waals surface area contributed by atoms with Crippen LogP contribution in [0.15, 0.2) is 42.6 Å². The Kier molecular flexibility index (Phi) is 9.07. The highest BCUT2D eigenvalue weighted by Gasteiger charge is 2.30. The molecule has 10 heteroatoms. The fraction of sp³-hybridized carbons (Fsp3) is 0.483. The Morgan fingerprint density at radius 1 is 1.15 bits per heavy atom. The number of nitrogens with zero attached hydrogens (tertiary/aromatic N) is 2. The number of anilines is 1. The first-order valence-electron chi connectivity index (χ1n) is 13.6. The molecule has 1 fully saturated rings. The van der Waals surface area contributed by atoms with Crippen molar-refractivity contribution < 1.29 is 23.8 Å². The van der Waals surface area contributed by atoms with Crippen LogP contribution in [0.4, 0.5) is 14.9 Å². The van der Waals surface area contributed by atoms with E-state index >= 15 is 0 Å². The van der Waals surface area contributed by atoms with Crippen LogP contribution in [-0.2, 0) is 16.3 Å². The average molecular weight is 555 g/mol. The van der Waals surface area contributed by atoms with Gasteiger partial charge in [-0.05, 0) is 86.5 Å². The molecule has 0 spiro atoms. The summed E-state index contributed by atoms with van der Waals surface area (Å²) >= 11 is 0. The minimum absolute atomic E-state index is 0.0396. The molecule has 4 rings (SSSR count). The lowest BCUT2D eigenvalue weighted by molar-refractivity contribution is -0.121. The number of aromatic nitrogens is 2. The number of ether oxygens (including phenoxy) is 1. The van der Waals surface area contributed by atoms with Gasteiger partial charge in [0.25, 0.3) is 0 Å². The summed E-state index contributed by atoms with van der Waals surface area (Å²) in [6.45, 7) is 9.76. The fourth-order valence-corrected chi connectivity index (χ4v) is 5.97. The molecule has 0 saturated heterocycles. The summed E-state index contributed by atoms with van der Waals surface area (Å²) in [7, 11) is -1.25.